The third-order valence-electron chi connectivity index (χ3n) is 14.7. The molecule has 0 spiro atoms. The van der Waals surface area contributed by atoms with E-state index < -0.39 is 38.2 Å². The van der Waals surface area contributed by atoms with Crippen LogP contribution in [0.25, 0.3) is 11.2 Å². The largest absolute Gasteiger partial charge is 0.497 e. The average molecular weight is 1150 g/mol. The molecule has 0 amide bonds. The molecule has 0 aliphatic carbocycles. The molecule has 0 N–H and O–H groups in total. The molecule has 82 heavy (non-hydrogen) atoms. The minimum Gasteiger partial charge on any atom is -0.497 e. The Morgan fingerprint density at radius 3 is 1.60 bits per heavy atom. The minimum absolute atomic E-state index is 0.0689. The van der Waals surface area contributed by atoms with Crippen LogP contribution >= 0.6 is 20.3 Å². The summed E-state index contributed by atoms with van der Waals surface area (Å²) in [7, 11) is 4.97. The first-order valence-corrected chi connectivity index (χ1v) is 29.8. The van der Waals surface area contributed by atoms with E-state index in [9.17, 15) is 5.26 Å². The first-order chi connectivity index (χ1) is 40.0. The quantitative estimate of drug-likeness (QED) is 0.0150. The molecule has 9 rings (SSSR count). The summed E-state index contributed by atoms with van der Waals surface area (Å²) in [5.41, 5.74) is 4.68. The van der Waals surface area contributed by atoms with Crippen molar-refractivity contribution in [2.75, 3.05) is 47.4 Å². The highest BCUT2D eigenvalue weighted by atomic mass is 32.2. The fraction of sp³-hybridized carbons (Fsp3) is 0.354. The van der Waals surface area contributed by atoms with Crippen LogP contribution in [0.1, 0.15) is 93.5 Å². The van der Waals surface area contributed by atoms with Crippen LogP contribution in [0, 0.1) is 11.3 Å². The fourth-order valence-electron chi connectivity index (χ4n) is 10.7. The van der Waals surface area contributed by atoms with Gasteiger partial charge in [-0.3, -0.25) is 4.57 Å². The zero-order valence-corrected chi connectivity index (χ0v) is 49.8. The predicted molar refractivity (Wildman–Crippen MR) is 320 cm³/mol. The van der Waals surface area contributed by atoms with Crippen molar-refractivity contribution in [3.8, 4) is 29.1 Å². The van der Waals surface area contributed by atoms with E-state index in [1.54, 1.807) is 52.9 Å². The summed E-state index contributed by atoms with van der Waals surface area (Å²) in [6.45, 7) is 11.0. The van der Waals surface area contributed by atoms with Gasteiger partial charge >= 0.3 is 0 Å². The summed E-state index contributed by atoms with van der Waals surface area (Å²) >= 11 is 1.58. The SMILES string of the molecule is CCC(CSc1ncnc2c1ncn2[C@H]1C[C@H](OP(OCCC#N)N(C(C)C)C(C)C)[C@@H](COC(c2ccccc2)(c2ccc(OC)cc2)c2ccc(OC)cc2)O1)OC(c1ccccc1)(c1ccc(OC)cc1)c1ccc(OC)cc1. The number of nitrogens with zero attached hydrogens (tertiary/aromatic N) is 6. The van der Waals surface area contributed by atoms with E-state index in [2.05, 4.69) is 93.9 Å². The number of rotatable bonds is 28. The van der Waals surface area contributed by atoms with Crippen LogP contribution in [-0.4, -0.2) is 102 Å². The third-order valence-corrected chi connectivity index (χ3v) is 18.0. The van der Waals surface area contributed by atoms with Gasteiger partial charge in [-0.15, -0.1) is 11.8 Å². The smallest absolute Gasteiger partial charge is 0.259 e. The predicted octanol–water partition coefficient (Wildman–Crippen LogP) is 13.7. The van der Waals surface area contributed by atoms with E-state index in [0.717, 1.165) is 56.4 Å². The Balaban J connectivity index is 1.06. The van der Waals surface area contributed by atoms with Gasteiger partial charge in [0, 0.05) is 24.3 Å². The van der Waals surface area contributed by atoms with Gasteiger partial charge in [0.05, 0.1) is 72.7 Å². The number of imidazole rings is 1. The average Bonchev–Trinajstić information content (AvgIpc) is 4.30. The van der Waals surface area contributed by atoms with Crippen molar-refractivity contribution in [3.05, 3.63) is 204 Å². The van der Waals surface area contributed by atoms with Crippen molar-refractivity contribution in [3.63, 3.8) is 0 Å². The van der Waals surface area contributed by atoms with Crippen LogP contribution in [-0.2, 0) is 34.5 Å². The van der Waals surface area contributed by atoms with Crippen LogP contribution in [0.15, 0.2) is 175 Å². The highest BCUT2D eigenvalue weighted by molar-refractivity contribution is 7.99. The van der Waals surface area contributed by atoms with Gasteiger partial charge in [0.15, 0.2) is 5.65 Å². The first-order valence-electron chi connectivity index (χ1n) is 27.7. The second kappa shape index (κ2) is 27.9. The number of nitriles is 1. The van der Waals surface area contributed by atoms with Crippen molar-refractivity contribution in [2.24, 2.45) is 0 Å². The lowest BCUT2D eigenvalue weighted by molar-refractivity contribution is -0.0912. The molecule has 1 fully saturated rings. The van der Waals surface area contributed by atoms with Gasteiger partial charge in [-0.05, 0) is 116 Å². The van der Waals surface area contributed by atoms with E-state index in [1.165, 1.54) is 0 Å². The van der Waals surface area contributed by atoms with E-state index in [-0.39, 0.29) is 37.8 Å². The van der Waals surface area contributed by atoms with E-state index in [4.69, 9.17) is 57.2 Å². The maximum absolute atomic E-state index is 9.61. The molecule has 2 unspecified atom stereocenters. The maximum atomic E-state index is 9.61. The Labute approximate surface area is 487 Å². The van der Waals surface area contributed by atoms with Gasteiger partial charge in [-0.2, -0.15) is 5.26 Å². The second-order valence-electron chi connectivity index (χ2n) is 20.3. The van der Waals surface area contributed by atoms with Crippen molar-refractivity contribution in [2.45, 2.75) is 107 Å². The Kier molecular flexibility index (Phi) is 20.3. The van der Waals surface area contributed by atoms with Crippen LogP contribution < -0.4 is 18.9 Å². The highest BCUT2D eigenvalue weighted by Crippen LogP contribution is 2.51. The lowest BCUT2D eigenvalue weighted by atomic mass is 9.79. The summed E-state index contributed by atoms with van der Waals surface area (Å²) in [4.78, 5) is 14.7. The van der Waals surface area contributed by atoms with E-state index in [0.29, 0.717) is 34.8 Å². The molecule has 2 aromatic heterocycles. The Morgan fingerprint density at radius 1 is 0.659 bits per heavy atom. The number of fused-ring (bicyclic) bond motifs is 1. The zero-order valence-electron chi connectivity index (χ0n) is 48.1. The van der Waals surface area contributed by atoms with Gasteiger partial charge < -0.3 is 42.2 Å². The Bertz CT molecular complexity index is 3190. The summed E-state index contributed by atoms with van der Waals surface area (Å²) in [6.07, 6.45) is 2.66. The number of aromatic nitrogens is 4. The summed E-state index contributed by atoms with van der Waals surface area (Å²) in [6, 6.07) is 55.0. The molecule has 5 atom stereocenters. The second-order valence-corrected chi connectivity index (χ2v) is 22.8. The number of thioether (sulfide) groups is 1. The number of benzene rings is 6. The van der Waals surface area contributed by atoms with Crippen LogP contribution in [0.3, 0.4) is 0 Å². The molecule has 0 radical (unpaired) electrons. The molecule has 15 nitrogen and oxygen atoms in total. The van der Waals surface area contributed by atoms with Crippen molar-refractivity contribution < 1.29 is 42.2 Å². The maximum Gasteiger partial charge on any atom is 0.259 e. The monoisotopic (exact) mass is 1140 g/mol. The van der Waals surface area contributed by atoms with Crippen molar-refractivity contribution >= 4 is 31.5 Å². The normalized spacial score (nSPS) is 16.4. The van der Waals surface area contributed by atoms with Crippen LogP contribution in [0.2, 0.25) is 0 Å². The highest BCUT2D eigenvalue weighted by Gasteiger charge is 2.46. The lowest BCUT2D eigenvalue weighted by Gasteiger charge is -2.39. The number of ether oxygens (including phenoxy) is 7. The first kappa shape index (κ1) is 59.7. The van der Waals surface area contributed by atoms with Crippen molar-refractivity contribution in [1.29, 1.82) is 5.26 Å². The standard InChI is InChI=1S/C65H73N6O9PS/c1-10-53(79-65(48-20-15-12-16-21-48,51-26-34-56(74-8)35-27-51)52-28-36-57(75-9)37-29-52)42-82-63-61-62(67-43-68-63)70(44-69-61)60-40-58(80-81(77-39-17-38-66)71(45(2)3)46(4)5)59(78-60)41-76-64(47-18-13-11-14-19-47,49-22-30-54(72-6)31-23-49)50-24-32-55(73-7)33-25-50/h11-16,18-37,43-46,53,58-60H,10,17,39-42H2,1-9H3/t53?,58-,59+,60+,81?/m0/s1. The molecule has 6 aromatic carbocycles. The van der Waals surface area contributed by atoms with E-state index >= 15 is 0 Å². The third kappa shape index (κ3) is 13.0. The summed E-state index contributed by atoms with van der Waals surface area (Å²) < 4.78 is 62.7. The van der Waals surface area contributed by atoms with Gasteiger partial charge in [0.1, 0.15) is 63.4 Å². The topological polar surface area (TPSA) is 154 Å². The summed E-state index contributed by atoms with van der Waals surface area (Å²) in [5.74, 6) is 3.49. The lowest BCUT2D eigenvalue weighted by Crippen LogP contribution is -2.39. The van der Waals surface area contributed by atoms with E-state index in [1.807, 2.05) is 114 Å². The van der Waals surface area contributed by atoms with Crippen LogP contribution in [0.4, 0.5) is 0 Å². The molecule has 0 bridgehead atoms. The molecule has 17 heteroatoms. The number of hydrogen-bond acceptors (Lipinski definition) is 15. The molecule has 0 saturated carbocycles. The van der Waals surface area contributed by atoms with Crippen molar-refractivity contribution in [1.82, 2.24) is 24.2 Å². The van der Waals surface area contributed by atoms with Gasteiger partial charge in [0.2, 0.25) is 0 Å². The molecular formula is C65H73N6O9PS. The van der Waals surface area contributed by atoms with Gasteiger partial charge in [-0.25, -0.2) is 19.6 Å². The molecule has 428 valence electrons. The molecule has 1 aliphatic heterocycles. The van der Waals surface area contributed by atoms with Gasteiger partial charge in [-0.1, -0.05) is 116 Å². The molecule has 1 saturated heterocycles. The molecule has 8 aromatic rings. The van der Waals surface area contributed by atoms with Crippen LogP contribution in [0.5, 0.6) is 23.0 Å². The fourth-order valence-corrected chi connectivity index (χ4v) is 13.5. The Hall–Kier alpha value is -6.90. The Morgan fingerprint density at radius 2 is 1.13 bits per heavy atom. The molecular weight excluding hydrogens is 1070 g/mol. The summed E-state index contributed by atoms with van der Waals surface area (Å²) in [5, 5.41) is 10.3. The zero-order chi connectivity index (χ0) is 57.6. The minimum atomic E-state index is -1.68. The molecule has 1 aliphatic rings. The van der Waals surface area contributed by atoms with Gasteiger partial charge in [0.25, 0.3) is 8.53 Å². The number of hydrogen-bond donors (Lipinski definition) is 0. The molecule has 3 heterocycles. The number of methoxy groups -OCH3 is 4.